The van der Waals surface area contributed by atoms with Crippen molar-refractivity contribution in [1.82, 2.24) is 10.3 Å². The van der Waals surface area contributed by atoms with Gasteiger partial charge in [-0.2, -0.15) is 0 Å². The molecule has 1 aliphatic rings. The summed E-state index contributed by atoms with van der Waals surface area (Å²) in [5, 5.41) is 4.52. The molecule has 0 aliphatic carbocycles. The average Bonchev–Trinajstić information content (AvgIpc) is 2.84. The highest BCUT2D eigenvalue weighted by Crippen LogP contribution is 2.30. The standard InChI is InChI=1S/C14H16N2O2S/c1-10-16-9-12(19-10)8-15-7-11-2-3-13-14(6-11)18-5-4-17-13/h2-3,6,9,15H,4-5,7-8H2,1H3. The Kier molecular flexibility index (Phi) is 3.66. The van der Waals surface area contributed by atoms with E-state index in [0.717, 1.165) is 29.6 Å². The molecule has 0 atom stereocenters. The summed E-state index contributed by atoms with van der Waals surface area (Å²) in [6, 6.07) is 6.08. The van der Waals surface area contributed by atoms with Crippen molar-refractivity contribution in [3.63, 3.8) is 0 Å². The molecular formula is C14H16N2O2S. The molecular weight excluding hydrogens is 260 g/mol. The van der Waals surface area contributed by atoms with Crippen LogP contribution in [0.1, 0.15) is 15.4 Å². The van der Waals surface area contributed by atoms with Crippen LogP contribution in [0.25, 0.3) is 0 Å². The topological polar surface area (TPSA) is 43.4 Å². The Bertz CT molecular complexity index is 568. The van der Waals surface area contributed by atoms with Gasteiger partial charge in [0.2, 0.25) is 0 Å². The van der Waals surface area contributed by atoms with Gasteiger partial charge in [0.1, 0.15) is 13.2 Å². The third-order valence-corrected chi connectivity index (χ3v) is 3.82. The summed E-state index contributed by atoms with van der Waals surface area (Å²) in [6.45, 7) is 4.95. The Morgan fingerprint density at radius 1 is 1.21 bits per heavy atom. The van der Waals surface area contributed by atoms with Crippen molar-refractivity contribution in [2.45, 2.75) is 20.0 Å². The van der Waals surface area contributed by atoms with Gasteiger partial charge in [0, 0.05) is 24.2 Å². The summed E-state index contributed by atoms with van der Waals surface area (Å²) in [5.74, 6) is 1.69. The number of aryl methyl sites for hydroxylation is 1. The first-order chi connectivity index (χ1) is 9.31. The minimum absolute atomic E-state index is 0.629. The highest BCUT2D eigenvalue weighted by molar-refractivity contribution is 7.11. The zero-order chi connectivity index (χ0) is 13.1. The number of aromatic nitrogens is 1. The minimum atomic E-state index is 0.629. The molecule has 19 heavy (non-hydrogen) atoms. The molecule has 0 radical (unpaired) electrons. The van der Waals surface area contributed by atoms with Crippen LogP contribution in [0.4, 0.5) is 0 Å². The smallest absolute Gasteiger partial charge is 0.161 e. The fraction of sp³-hybridized carbons (Fsp3) is 0.357. The van der Waals surface area contributed by atoms with Gasteiger partial charge in [-0.15, -0.1) is 11.3 Å². The molecule has 0 saturated carbocycles. The van der Waals surface area contributed by atoms with Gasteiger partial charge in [0.05, 0.1) is 5.01 Å². The lowest BCUT2D eigenvalue weighted by Crippen LogP contribution is -2.16. The molecule has 0 unspecified atom stereocenters. The molecule has 1 aliphatic heterocycles. The van der Waals surface area contributed by atoms with E-state index in [2.05, 4.69) is 16.4 Å². The van der Waals surface area contributed by atoms with Gasteiger partial charge < -0.3 is 14.8 Å². The Morgan fingerprint density at radius 3 is 2.84 bits per heavy atom. The number of rotatable bonds is 4. The van der Waals surface area contributed by atoms with Crippen molar-refractivity contribution in [3.05, 3.63) is 39.8 Å². The van der Waals surface area contributed by atoms with E-state index >= 15 is 0 Å². The third-order valence-electron chi connectivity index (χ3n) is 2.90. The van der Waals surface area contributed by atoms with E-state index in [1.54, 1.807) is 11.3 Å². The molecule has 5 heteroatoms. The van der Waals surface area contributed by atoms with E-state index in [-0.39, 0.29) is 0 Å². The summed E-state index contributed by atoms with van der Waals surface area (Å²) in [6.07, 6.45) is 1.93. The molecule has 0 spiro atoms. The lowest BCUT2D eigenvalue weighted by molar-refractivity contribution is 0.171. The number of nitrogens with one attached hydrogen (secondary N) is 1. The number of ether oxygens (including phenoxy) is 2. The van der Waals surface area contributed by atoms with Crippen molar-refractivity contribution in [1.29, 1.82) is 0 Å². The Morgan fingerprint density at radius 2 is 2.05 bits per heavy atom. The van der Waals surface area contributed by atoms with Crippen LogP contribution in [0.3, 0.4) is 0 Å². The normalized spacial score (nSPS) is 13.5. The van der Waals surface area contributed by atoms with Gasteiger partial charge >= 0.3 is 0 Å². The second-order valence-corrected chi connectivity index (χ2v) is 5.75. The summed E-state index contributed by atoms with van der Waals surface area (Å²) in [4.78, 5) is 5.50. The fourth-order valence-electron chi connectivity index (χ4n) is 2.01. The third kappa shape index (κ3) is 3.05. The van der Waals surface area contributed by atoms with Crippen molar-refractivity contribution in [2.24, 2.45) is 0 Å². The molecule has 1 aromatic carbocycles. The first-order valence-corrected chi connectivity index (χ1v) is 7.13. The minimum Gasteiger partial charge on any atom is -0.486 e. The number of hydrogen-bond donors (Lipinski definition) is 1. The maximum atomic E-state index is 5.57. The fourth-order valence-corrected chi connectivity index (χ4v) is 2.78. The van der Waals surface area contributed by atoms with E-state index in [9.17, 15) is 0 Å². The van der Waals surface area contributed by atoms with Crippen LogP contribution in [0, 0.1) is 6.92 Å². The van der Waals surface area contributed by atoms with E-state index in [4.69, 9.17) is 9.47 Å². The number of benzene rings is 1. The van der Waals surface area contributed by atoms with Crippen molar-refractivity contribution in [3.8, 4) is 11.5 Å². The lowest BCUT2D eigenvalue weighted by Gasteiger charge is -2.18. The monoisotopic (exact) mass is 276 g/mol. The number of nitrogens with zero attached hydrogens (tertiary/aromatic N) is 1. The van der Waals surface area contributed by atoms with Crippen LogP contribution in [0.2, 0.25) is 0 Å². The summed E-state index contributed by atoms with van der Waals surface area (Å²) >= 11 is 1.73. The zero-order valence-corrected chi connectivity index (χ0v) is 11.6. The van der Waals surface area contributed by atoms with Crippen molar-refractivity contribution >= 4 is 11.3 Å². The SMILES string of the molecule is Cc1ncc(CNCc2ccc3c(c2)OCCO3)s1. The zero-order valence-electron chi connectivity index (χ0n) is 10.8. The number of hydrogen-bond acceptors (Lipinski definition) is 5. The molecule has 1 N–H and O–H groups in total. The van der Waals surface area contributed by atoms with E-state index < -0.39 is 0 Å². The molecule has 3 rings (SSSR count). The highest BCUT2D eigenvalue weighted by atomic mass is 32.1. The largest absolute Gasteiger partial charge is 0.486 e. The quantitative estimate of drug-likeness (QED) is 0.932. The summed E-state index contributed by atoms with van der Waals surface area (Å²) < 4.78 is 11.1. The Balaban J connectivity index is 1.58. The van der Waals surface area contributed by atoms with Gasteiger partial charge in [-0.25, -0.2) is 4.98 Å². The molecule has 0 fully saturated rings. The Hall–Kier alpha value is -1.59. The second-order valence-electron chi connectivity index (χ2n) is 4.43. The van der Waals surface area contributed by atoms with Gasteiger partial charge in [0.15, 0.2) is 11.5 Å². The average molecular weight is 276 g/mol. The predicted octanol–water partition coefficient (Wildman–Crippen LogP) is 2.51. The van der Waals surface area contributed by atoms with Crippen LogP contribution < -0.4 is 14.8 Å². The number of fused-ring (bicyclic) bond motifs is 1. The highest BCUT2D eigenvalue weighted by Gasteiger charge is 2.11. The molecule has 100 valence electrons. The van der Waals surface area contributed by atoms with Crippen molar-refractivity contribution < 1.29 is 9.47 Å². The van der Waals surface area contributed by atoms with Gasteiger partial charge in [-0.1, -0.05) is 6.07 Å². The first kappa shape index (κ1) is 12.4. The van der Waals surface area contributed by atoms with Crippen molar-refractivity contribution in [2.75, 3.05) is 13.2 Å². The van der Waals surface area contributed by atoms with Crippen LogP contribution in [-0.4, -0.2) is 18.2 Å². The van der Waals surface area contributed by atoms with Crippen LogP contribution >= 0.6 is 11.3 Å². The van der Waals surface area contributed by atoms with Crippen LogP contribution in [0.15, 0.2) is 24.4 Å². The molecule has 1 aromatic heterocycles. The van der Waals surface area contributed by atoms with Gasteiger partial charge in [0.25, 0.3) is 0 Å². The maximum Gasteiger partial charge on any atom is 0.161 e. The molecule has 4 nitrogen and oxygen atoms in total. The molecule has 0 bridgehead atoms. The molecule has 2 heterocycles. The molecule has 2 aromatic rings. The van der Waals surface area contributed by atoms with E-state index in [0.29, 0.717) is 13.2 Å². The van der Waals surface area contributed by atoms with E-state index in [1.165, 1.54) is 10.4 Å². The van der Waals surface area contributed by atoms with E-state index in [1.807, 2.05) is 25.3 Å². The van der Waals surface area contributed by atoms with Gasteiger partial charge in [-0.3, -0.25) is 0 Å². The lowest BCUT2D eigenvalue weighted by atomic mass is 10.2. The predicted molar refractivity (Wildman–Crippen MR) is 74.8 cm³/mol. The van der Waals surface area contributed by atoms with Gasteiger partial charge in [-0.05, 0) is 24.6 Å². The number of thiazole rings is 1. The molecule has 0 amide bonds. The summed E-state index contributed by atoms with van der Waals surface area (Å²) in [7, 11) is 0. The first-order valence-electron chi connectivity index (χ1n) is 6.32. The Labute approximate surface area is 116 Å². The van der Waals surface area contributed by atoms with Crippen LogP contribution in [-0.2, 0) is 13.1 Å². The second kappa shape index (κ2) is 5.59. The maximum absolute atomic E-state index is 5.57. The molecule has 0 saturated heterocycles. The van der Waals surface area contributed by atoms with Crippen LogP contribution in [0.5, 0.6) is 11.5 Å². The summed E-state index contributed by atoms with van der Waals surface area (Å²) in [5.41, 5.74) is 1.20.